The standard InChI is InChI=1S/C10H12O.C9H10O2.C8H8O3/c1-7-4-5-10(9(3)11)8(2)6-7;1-6-5-8(11)3-4-9(6)7(2)10;1-5-4-6(9)2-3-7(5)8(10)11/h4-6H,1-3H3;3-5,11H,1-2H3;2-4,9H,1H3,(H,10,11). The number of hydrogen-bond acceptors (Lipinski definition) is 5. The number of aryl methyl sites for hydroxylation is 4. The maximum atomic E-state index is 11.0. The van der Waals surface area contributed by atoms with Crippen molar-refractivity contribution in [2.45, 2.75) is 41.5 Å². The number of carboxylic acid groups (broad SMARTS) is 1. The van der Waals surface area contributed by atoms with Crippen molar-refractivity contribution in [2.75, 3.05) is 0 Å². The first kappa shape index (κ1) is 27.1. The molecule has 0 spiro atoms. The first-order valence-electron chi connectivity index (χ1n) is 10.2. The molecule has 0 aromatic heterocycles. The summed E-state index contributed by atoms with van der Waals surface area (Å²) in [5.41, 5.74) is 5.38. The Morgan fingerprint density at radius 3 is 1.27 bits per heavy atom. The Kier molecular flexibility index (Phi) is 10.0. The second-order valence-electron chi connectivity index (χ2n) is 7.73. The molecule has 0 fully saturated rings. The van der Waals surface area contributed by atoms with Gasteiger partial charge in [-0.05, 0) is 94.6 Å². The first-order valence-corrected chi connectivity index (χ1v) is 10.2. The highest BCUT2D eigenvalue weighted by Crippen LogP contribution is 2.16. The lowest BCUT2D eigenvalue weighted by Crippen LogP contribution is -1.98. The van der Waals surface area contributed by atoms with Gasteiger partial charge in [0, 0.05) is 11.1 Å². The van der Waals surface area contributed by atoms with Crippen molar-refractivity contribution >= 4 is 17.5 Å². The number of ketones is 2. The second-order valence-corrected chi connectivity index (χ2v) is 7.73. The number of phenolic OH excluding ortho intramolecular Hbond substituents is 2. The smallest absolute Gasteiger partial charge is 0.335 e. The van der Waals surface area contributed by atoms with E-state index < -0.39 is 5.97 Å². The topological polar surface area (TPSA) is 112 Å². The predicted octanol–water partition coefficient (Wildman–Crippen LogP) is 5.81. The van der Waals surface area contributed by atoms with Gasteiger partial charge in [-0.25, -0.2) is 4.79 Å². The van der Waals surface area contributed by atoms with E-state index in [0.29, 0.717) is 11.1 Å². The molecule has 0 atom stereocenters. The lowest BCUT2D eigenvalue weighted by molar-refractivity contribution is 0.0695. The molecule has 0 heterocycles. The summed E-state index contributed by atoms with van der Waals surface area (Å²) in [6.07, 6.45) is 0. The average Bonchev–Trinajstić information content (AvgIpc) is 2.68. The molecule has 0 unspecified atom stereocenters. The number of carbonyl (C=O) groups is 3. The maximum absolute atomic E-state index is 11.0. The van der Waals surface area contributed by atoms with Gasteiger partial charge >= 0.3 is 5.97 Å². The van der Waals surface area contributed by atoms with Crippen molar-refractivity contribution in [3.63, 3.8) is 0 Å². The number of carboxylic acids is 1. The van der Waals surface area contributed by atoms with E-state index in [0.717, 1.165) is 16.7 Å². The van der Waals surface area contributed by atoms with Crippen molar-refractivity contribution in [1.29, 1.82) is 0 Å². The Balaban J connectivity index is 0.000000247. The fourth-order valence-corrected chi connectivity index (χ4v) is 3.14. The molecule has 3 aromatic carbocycles. The van der Waals surface area contributed by atoms with Crippen LogP contribution in [-0.2, 0) is 0 Å². The number of benzene rings is 3. The highest BCUT2D eigenvalue weighted by atomic mass is 16.4. The summed E-state index contributed by atoms with van der Waals surface area (Å²) in [7, 11) is 0. The molecule has 0 aliphatic carbocycles. The summed E-state index contributed by atoms with van der Waals surface area (Å²) in [4.78, 5) is 32.3. The normalized spacial score (nSPS) is 9.64. The van der Waals surface area contributed by atoms with E-state index in [1.807, 2.05) is 32.0 Å². The van der Waals surface area contributed by atoms with Gasteiger partial charge in [0.1, 0.15) is 11.5 Å². The van der Waals surface area contributed by atoms with E-state index in [4.69, 9.17) is 15.3 Å². The molecule has 3 N–H and O–H groups in total. The van der Waals surface area contributed by atoms with Crippen LogP contribution in [0.1, 0.15) is 67.2 Å². The van der Waals surface area contributed by atoms with Gasteiger partial charge in [0.05, 0.1) is 5.56 Å². The lowest BCUT2D eigenvalue weighted by atomic mass is 10.0. The number of aromatic hydroxyl groups is 2. The fraction of sp³-hybridized carbons (Fsp3) is 0.222. The van der Waals surface area contributed by atoms with Gasteiger partial charge in [0.2, 0.25) is 0 Å². The zero-order chi connectivity index (χ0) is 25.3. The molecule has 3 rings (SSSR count). The summed E-state index contributed by atoms with van der Waals surface area (Å²) < 4.78 is 0. The molecule has 0 aliphatic rings. The molecule has 174 valence electrons. The molecule has 0 aliphatic heterocycles. The summed E-state index contributed by atoms with van der Waals surface area (Å²) in [5, 5.41) is 26.5. The Morgan fingerprint density at radius 1 is 0.576 bits per heavy atom. The van der Waals surface area contributed by atoms with Gasteiger partial charge in [-0.1, -0.05) is 23.8 Å². The highest BCUT2D eigenvalue weighted by molar-refractivity contribution is 5.96. The van der Waals surface area contributed by atoms with Crippen LogP contribution in [0.15, 0.2) is 54.6 Å². The van der Waals surface area contributed by atoms with Gasteiger partial charge in [0.15, 0.2) is 11.6 Å². The molecule has 6 nitrogen and oxygen atoms in total. The van der Waals surface area contributed by atoms with Crippen molar-refractivity contribution in [1.82, 2.24) is 0 Å². The number of hydrogen-bond donors (Lipinski definition) is 3. The number of aromatic carboxylic acids is 1. The quantitative estimate of drug-likeness (QED) is 0.434. The van der Waals surface area contributed by atoms with Crippen LogP contribution in [-0.4, -0.2) is 32.9 Å². The Hall–Kier alpha value is -3.93. The minimum absolute atomic E-state index is 0.0301. The minimum atomic E-state index is -0.970. The molecule has 0 bridgehead atoms. The van der Waals surface area contributed by atoms with Gasteiger partial charge in [-0.15, -0.1) is 0 Å². The number of Topliss-reactive ketones (excluding diaryl/α,β-unsaturated/α-hetero) is 2. The zero-order valence-corrected chi connectivity index (χ0v) is 19.8. The Labute approximate surface area is 194 Å². The Bertz CT molecular complexity index is 1020. The van der Waals surface area contributed by atoms with Gasteiger partial charge in [0.25, 0.3) is 0 Å². The minimum Gasteiger partial charge on any atom is -0.508 e. The molecular weight excluding hydrogens is 420 g/mol. The van der Waals surface area contributed by atoms with Gasteiger partial charge in [-0.2, -0.15) is 0 Å². The van der Waals surface area contributed by atoms with Crippen molar-refractivity contribution in [2.24, 2.45) is 0 Å². The van der Waals surface area contributed by atoms with E-state index in [9.17, 15) is 14.4 Å². The lowest BCUT2D eigenvalue weighted by Gasteiger charge is -2.01. The van der Waals surface area contributed by atoms with Crippen LogP contribution in [0.2, 0.25) is 0 Å². The van der Waals surface area contributed by atoms with Crippen molar-refractivity contribution in [3.8, 4) is 11.5 Å². The SMILES string of the molecule is CC(=O)c1ccc(C)cc1C.CC(=O)c1ccc(O)cc1C.Cc1cc(O)ccc1C(=O)O. The highest BCUT2D eigenvalue weighted by Gasteiger charge is 2.06. The number of phenols is 2. The molecule has 3 aromatic rings. The summed E-state index contributed by atoms with van der Waals surface area (Å²) >= 11 is 0. The van der Waals surface area contributed by atoms with Gasteiger partial charge in [-0.3, -0.25) is 9.59 Å². The van der Waals surface area contributed by atoms with E-state index in [1.54, 1.807) is 32.9 Å². The van der Waals surface area contributed by atoms with Crippen LogP contribution in [0, 0.1) is 27.7 Å². The van der Waals surface area contributed by atoms with Crippen LogP contribution in [0.25, 0.3) is 0 Å². The monoisotopic (exact) mass is 450 g/mol. The third-order valence-corrected chi connectivity index (χ3v) is 4.79. The Morgan fingerprint density at radius 2 is 0.939 bits per heavy atom. The van der Waals surface area contributed by atoms with Crippen molar-refractivity contribution in [3.05, 3.63) is 93.5 Å². The zero-order valence-electron chi connectivity index (χ0n) is 19.8. The van der Waals surface area contributed by atoms with Crippen LogP contribution in [0.5, 0.6) is 11.5 Å². The van der Waals surface area contributed by atoms with Crippen molar-refractivity contribution < 1.29 is 29.7 Å². The van der Waals surface area contributed by atoms with Crippen LogP contribution in [0.3, 0.4) is 0 Å². The molecule has 0 amide bonds. The second kappa shape index (κ2) is 12.2. The third-order valence-electron chi connectivity index (χ3n) is 4.79. The van der Waals surface area contributed by atoms with E-state index in [-0.39, 0.29) is 28.6 Å². The number of rotatable bonds is 3. The molecule has 33 heavy (non-hydrogen) atoms. The average molecular weight is 451 g/mol. The summed E-state index contributed by atoms with van der Waals surface area (Å²) in [5.74, 6) is -0.507. The van der Waals surface area contributed by atoms with E-state index in [1.165, 1.54) is 36.8 Å². The van der Waals surface area contributed by atoms with E-state index >= 15 is 0 Å². The maximum Gasteiger partial charge on any atom is 0.335 e. The van der Waals surface area contributed by atoms with Gasteiger partial charge < -0.3 is 15.3 Å². The van der Waals surface area contributed by atoms with Crippen LogP contribution < -0.4 is 0 Å². The van der Waals surface area contributed by atoms with E-state index in [2.05, 4.69) is 0 Å². The van der Waals surface area contributed by atoms with Crippen LogP contribution >= 0.6 is 0 Å². The number of carbonyl (C=O) groups excluding carboxylic acids is 2. The molecular formula is C27H30O6. The largest absolute Gasteiger partial charge is 0.508 e. The molecule has 0 saturated heterocycles. The first-order chi connectivity index (χ1) is 15.3. The van der Waals surface area contributed by atoms with Crippen LogP contribution in [0.4, 0.5) is 0 Å². The summed E-state index contributed by atoms with van der Waals surface area (Å²) in [6, 6.07) is 14.8. The molecule has 6 heteroatoms. The summed E-state index contributed by atoms with van der Waals surface area (Å²) in [6.45, 7) is 10.5. The molecule has 0 saturated carbocycles. The predicted molar refractivity (Wildman–Crippen MR) is 129 cm³/mol. The fourth-order valence-electron chi connectivity index (χ4n) is 3.14. The third kappa shape index (κ3) is 8.61. The molecule has 0 radical (unpaired) electrons.